The summed E-state index contributed by atoms with van der Waals surface area (Å²) in [5.41, 5.74) is 0.958. The van der Waals surface area contributed by atoms with Gasteiger partial charge in [-0.3, -0.25) is 9.59 Å². The van der Waals surface area contributed by atoms with E-state index < -0.39 is 6.04 Å². The van der Waals surface area contributed by atoms with E-state index in [0.717, 1.165) is 5.56 Å². The molecule has 0 bridgehead atoms. The summed E-state index contributed by atoms with van der Waals surface area (Å²) in [6, 6.07) is 10.1. The number of benzene rings is 1. The number of rotatable bonds is 6. The average Bonchev–Trinajstić information content (AvgIpc) is 3.07. The van der Waals surface area contributed by atoms with Crippen molar-refractivity contribution in [3.8, 4) is 0 Å². The molecule has 2 amide bonds. The van der Waals surface area contributed by atoms with Crippen molar-refractivity contribution in [2.24, 2.45) is 5.92 Å². The summed E-state index contributed by atoms with van der Waals surface area (Å²) in [5, 5.41) is 8.27. The van der Waals surface area contributed by atoms with E-state index in [1.54, 1.807) is 18.2 Å². The Hall–Kier alpha value is -1.85. The molecule has 0 aliphatic heterocycles. The fraction of sp³-hybridized carbons (Fsp3) is 0.333. The lowest BCUT2D eigenvalue weighted by Crippen LogP contribution is -2.50. The van der Waals surface area contributed by atoms with Gasteiger partial charge in [-0.15, -0.1) is 11.3 Å². The molecule has 0 aliphatic carbocycles. The summed E-state index contributed by atoms with van der Waals surface area (Å²) in [7, 11) is 0. The van der Waals surface area contributed by atoms with Crippen LogP contribution in [0, 0.1) is 5.92 Å². The first kappa shape index (κ1) is 18.5. The molecule has 0 saturated heterocycles. The second-order valence-corrected chi connectivity index (χ2v) is 7.34. The average molecular weight is 365 g/mol. The molecule has 1 aromatic carbocycles. The fourth-order valence-electron chi connectivity index (χ4n) is 2.29. The van der Waals surface area contributed by atoms with Crippen molar-refractivity contribution in [1.82, 2.24) is 10.6 Å². The quantitative estimate of drug-likeness (QED) is 0.812. The van der Waals surface area contributed by atoms with E-state index in [0.29, 0.717) is 9.90 Å². The zero-order valence-electron chi connectivity index (χ0n) is 13.9. The standard InChI is InChI=1S/C18H21ClN2O2S/c1-11(2)16(21-17(22)15-5-4-10-24-15)18(23)20-12(3)13-6-8-14(19)9-7-13/h4-12,16H,1-3H3,(H,20,23)(H,21,22). The Balaban J connectivity index is 2.03. The van der Waals surface area contributed by atoms with Gasteiger partial charge in [-0.05, 0) is 42.0 Å². The number of halogens is 1. The number of hydrogen-bond donors (Lipinski definition) is 2. The highest BCUT2D eigenvalue weighted by Gasteiger charge is 2.26. The first-order valence-corrected chi connectivity index (χ1v) is 9.04. The molecular formula is C18H21ClN2O2S. The van der Waals surface area contributed by atoms with E-state index in [1.165, 1.54) is 11.3 Å². The van der Waals surface area contributed by atoms with Crippen molar-refractivity contribution in [1.29, 1.82) is 0 Å². The van der Waals surface area contributed by atoms with Crippen LogP contribution in [0.5, 0.6) is 0 Å². The number of hydrogen-bond acceptors (Lipinski definition) is 3. The van der Waals surface area contributed by atoms with E-state index in [2.05, 4.69) is 10.6 Å². The Kier molecular flexibility index (Phi) is 6.40. The van der Waals surface area contributed by atoms with Gasteiger partial charge in [0.2, 0.25) is 5.91 Å². The number of amides is 2. The second kappa shape index (κ2) is 8.31. The van der Waals surface area contributed by atoms with Crippen LogP contribution in [0.25, 0.3) is 0 Å². The van der Waals surface area contributed by atoms with Gasteiger partial charge in [0.05, 0.1) is 10.9 Å². The van der Waals surface area contributed by atoms with Crippen molar-refractivity contribution in [3.05, 3.63) is 57.2 Å². The highest BCUT2D eigenvalue weighted by Crippen LogP contribution is 2.17. The zero-order valence-corrected chi connectivity index (χ0v) is 15.4. The molecule has 4 nitrogen and oxygen atoms in total. The van der Waals surface area contributed by atoms with Crippen molar-refractivity contribution in [2.45, 2.75) is 32.9 Å². The Morgan fingerprint density at radius 2 is 1.71 bits per heavy atom. The van der Waals surface area contributed by atoms with Gasteiger partial charge < -0.3 is 10.6 Å². The van der Waals surface area contributed by atoms with E-state index in [-0.39, 0.29) is 23.8 Å². The molecule has 1 heterocycles. The summed E-state index contributed by atoms with van der Waals surface area (Å²) in [5.74, 6) is -0.443. The third kappa shape index (κ3) is 4.82. The van der Waals surface area contributed by atoms with Crippen LogP contribution >= 0.6 is 22.9 Å². The van der Waals surface area contributed by atoms with Gasteiger partial charge in [0.1, 0.15) is 6.04 Å². The van der Waals surface area contributed by atoms with E-state index >= 15 is 0 Å². The lowest BCUT2D eigenvalue weighted by molar-refractivity contribution is -0.124. The largest absolute Gasteiger partial charge is 0.348 e. The number of nitrogens with one attached hydrogen (secondary N) is 2. The number of carbonyl (C=O) groups is 2. The molecule has 2 rings (SSSR count). The molecule has 1 aromatic heterocycles. The molecule has 6 heteroatoms. The maximum absolute atomic E-state index is 12.6. The summed E-state index contributed by atoms with van der Waals surface area (Å²) < 4.78 is 0. The highest BCUT2D eigenvalue weighted by molar-refractivity contribution is 7.12. The van der Waals surface area contributed by atoms with Crippen LogP contribution in [0.4, 0.5) is 0 Å². The van der Waals surface area contributed by atoms with Gasteiger partial charge in [-0.1, -0.05) is 43.6 Å². The third-order valence-corrected chi connectivity index (χ3v) is 4.83. The zero-order chi connectivity index (χ0) is 17.7. The number of thiophene rings is 1. The Morgan fingerprint density at radius 1 is 1.04 bits per heavy atom. The molecule has 128 valence electrons. The van der Waals surface area contributed by atoms with Gasteiger partial charge >= 0.3 is 0 Å². The smallest absolute Gasteiger partial charge is 0.262 e. The summed E-state index contributed by atoms with van der Waals surface area (Å²) >= 11 is 7.24. The normalized spacial score (nSPS) is 13.4. The minimum atomic E-state index is -0.589. The highest BCUT2D eigenvalue weighted by atomic mass is 35.5. The summed E-state index contributed by atoms with van der Waals surface area (Å²) in [6.45, 7) is 5.72. The Morgan fingerprint density at radius 3 is 2.25 bits per heavy atom. The van der Waals surface area contributed by atoms with E-state index in [1.807, 2.05) is 44.4 Å². The molecule has 0 aliphatic rings. The molecule has 2 atom stereocenters. The second-order valence-electron chi connectivity index (χ2n) is 5.95. The molecule has 0 fully saturated rings. The maximum Gasteiger partial charge on any atom is 0.262 e. The fourth-order valence-corrected chi connectivity index (χ4v) is 3.05. The molecule has 2 N–H and O–H groups in total. The van der Waals surface area contributed by atoms with Crippen molar-refractivity contribution in [2.75, 3.05) is 0 Å². The predicted octanol–water partition coefficient (Wildman–Crippen LogP) is 4.03. The topological polar surface area (TPSA) is 58.2 Å². The Bertz CT molecular complexity index is 684. The van der Waals surface area contributed by atoms with Gasteiger partial charge in [-0.25, -0.2) is 0 Å². The van der Waals surface area contributed by atoms with Crippen LogP contribution in [0.3, 0.4) is 0 Å². The van der Waals surface area contributed by atoms with Crippen molar-refractivity contribution in [3.63, 3.8) is 0 Å². The molecule has 0 saturated carbocycles. The lowest BCUT2D eigenvalue weighted by atomic mass is 10.0. The van der Waals surface area contributed by atoms with Crippen molar-refractivity contribution < 1.29 is 9.59 Å². The summed E-state index contributed by atoms with van der Waals surface area (Å²) in [4.78, 5) is 25.4. The van der Waals surface area contributed by atoms with Crippen molar-refractivity contribution >= 4 is 34.8 Å². The minimum Gasteiger partial charge on any atom is -0.348 e. The SMILES string of the molecule is CC(NC(=O)C(NC(=O)c1cccs1)C(C)C)c1ccc(Cl)cc1. The third-order valence-electron chi connectivity index (χ3n) is 3.71. The number of carbonyl (C=O) groups excluding carboxylic acids is 2. The van der Waals surface area contributed by atoms with E-state index in [9.17, 15) is 9.59 Å². The van der Waals surface area contributed by atoms with Crippen LogP contribution in [-0.2, 0) is 4.79 Å². The maximum atomic E-state index is 12.6. The van der Waals surface area contributed by atoms with Crippen LogP contribution in [-0.4, -0.2) is 17.9 Å². The van der Waals surface area contributed by atoms with Crippen LogP contribution in [0.1, 0.15) is 42.0 Å². The van der Waals surface area contributed by atoms with Gasteiger partial charge in [0, 0.05) is 5.02 Å². The molecule has 2 unspecified atom stereocenters. The van der Waals surface area contributed by atoms with Gasteiger partial charge in [0.15, 0.2) is 0 Å². The predicted molar refractivity (Wildman–Crippen MR) is 98.4 cm³/mol. The first-order chi connectivity index (χ1) is 11.4. The van der Waals surface area contributed by atoms with Crippen LogP contribution in [0.15, 0.2) is 41.8 Å². The van der Waals surface area contributed by atoms with Crippen LogP contribution < -0.4 is 10.6 Å². The molecule has 24 heavy (non-hydrogen) atoms. The van der Waals surface area contributed by atoms with E-state index in [4.69, 9.17) is 11.6 Å². The molecule has 0 radical (unpaired) electrons. The first-order valence-electron chi connectivity index (χ1n) is 7.78. The molecule has 2 aromatic rings. The lowest BCUT2D eigenvalue weighted by Gasteiger charge is -2.24. The van der Waals surface area contributed by atoms with Gasteiger partial charge in [0.25, 0.3) is 5.91 Å². The molecular weight excluding hydrogens is 344 g/mol. The van der Waals surface area contributed by atoms with Crippen LogP contribution in [0.2, 0.25) is 5.02 Å². The summed E-state index contributed by atoms with van der Waals surface area (Å²) in [6.07, 6.45) is 0. The monoisotopic (exact) mass is 364 g/mol. The van der Waals surface area contributed by atoms with Gasteiger partial charge in [-0.2, -0.15) is 0 Å². The molecule has 0 spiro atoms. The minimum absolute atomic E-state index is 0.0219. The Labute approximate surface area is 151 Å².